The van der Waals surface area contributed by atoms with Crippen LogP contribution in [0.3, 0.4) is 0 Å². The molecule has 0 aliphatic carbocycles. The lowest BCUT2D eigenvalue weighted by molar-refractivity contribution is -0.141. The summed E-state index contributed by atoms with van der Waals surface area (Å²) in [4.78, 5) is 37.6. The Labute approximate surface area is 124 Å². The van der Waals surface area contributed by atoms with Crippen LogP contribution in [0.2, 0.25) is 0 Å². The fourth-order valence-corrected chi connectivity index (χ4v) is 3.02. The number of likely N-dealkylation sites (tertiary alicyclic amines) is 1. The van der Waals surface area contributed by atoms with Gasteiger partial charge in [0, 0.05) is 25.5 Å². The number of amides is 1. The highest BCUT2D eigenvalue weighted by molar-refractivity contribution is 7.16. The third kappa shape index (κ3) is 2.75. The maximum atomic E-state index is 12.3. The minimum absolute atomic E-state index is 0.182. The van der Waals surface area contributed by atoms with E-state index in [1.807, 2.05) is 0 Å². The summed E-state index contributed by atoms with van der Waals surface area (Å²) in [5, 5.41) is 9.55. The van der Waals surface area contributed by atoms with Crippen LogP contribution in [0, 0.1) is 5.92 Å². The van der Waals surface area contributed by atoms with Gasteiger partial charge in [-0.3, -0.25) is 9.59 Å². The molecule has 1 fully saturated rings. The van der Waals surface area contributed by atoms with E-state index in [0.717, 1.165) is 0 Å². The third-order valence-corrected chi connectivity index (χ3v) is 4.28. The number of aliphatic carboxylic acids is 1. The first-order valence-electron chi connectivity index (χ1n) is 6.40. The molecule has 2 aromatic rings. The van der Waals surface area contributed by atoms with Crippen molar-refractivity contribution in [1.29, 1.82) is 0 Å². The molecule has 1 amide bonds. The summed E-state index contributed by atoms with van der Waals surface area (Å²) in [6.45, 7) is 0.716. The van der Waals surface area contributed by atoms with Crippen molar-refractivity contribution < 1.29 is 14.7 Å². The van der Waals surface area contributed by atoms with Gasteiger partial charge >= 0.3 is 5.97 Å². The average molecular weight is 304 g/mol. The fraction of sp³-hybridized carbons (Fsp3) is 0.308. The summed E-state index contributed by atoms with van der Waals surface area (Å²) in [6.07, 6.45) is 5.22. The lowest BCUT2D eigenvalue weighted by Crippen LogP contribution is -2.29. The normalized spacial score (nSPS) is 17.9. The van der Waals surface area contributed by atoms with Crippen LogP contribution in [0.25, 0.3) is 10.8 Å². The van der Waals surface area contributed by atoms with Crippen LogP contribution in [-0.2, 0) is 4.79 Å². The van der Waals surface area contributed by atoms with Gasteiger partial charge in [0.25, 0.3) is 5.91 Å². The van der Waals surface area contributed by atoms with Crippen LogP contribution in [0.4, 0.5) is 0 Å². The molecule has 1 saturated heterocycles. The summed E-state index contributed by atoms with van der Waals surface area (Å²) < 4.78 is 0. The smallest absolute Gasteiger partial charge is 0.308 e. The molecule has 0 spiro atoms. The molecule has 1 atom stereocenters. The van der Waals surface area contributed by atoms with Crippen LogP contribution >= 0.6 is 11.3 Å². The molecule has 1 unspecified atom stereocenters. The number of nitrogens with zero attached hydrogens (tertiary/aromatic N) is 4. The van der Waals surface area contributed by atoms with Gasteiger partial charge in [-0.2, -0.15) is 0 Å². The number of carbonyl (C=O) groups is 2. The van der Waals surface area contributed by atoms with Gasteiger partial charge in [0.1, 0.15) is 4.88 Å². The highest BCUT2D eigenvalue weighted by Crippen LogP contribution is 2.25. The lowest BCUT2D eigenvalue weighted by Gasteiger charge is -2.13. The van der Waals surface area contributed by atoms with Gasteiger partial charge < -0.3 is 10.0 Å². The first kappa shape index (κ1) is 13.6. The largest absolute Gasteiger partial charge is 0.481 e. The molecule has 3 rings (SSSR count). The minimum Gasteiger partial charge on any atom is -0.481 e. The van der Waals surface area contributed by atoms with Crippen LogP contribution in [0.5, 0.6) is 0 Å². The number of hydrogen-bond acceptors (Lipinski definition) is 6. The van der Waals surface area contributed by atoms with Crippen molar-refractivity contribution >= 4 is 23.2 Å². The SMILES string of the molecule is O=C(O)C1CCN(C(=O)c2cnc(-c3ncccn3)s2)C1. The molecule has 1 aliphatic heterocycles. The lowest BCUT2D eigenvalue weighted by atomic mass is 10.1. The van der Waals surface area contributed by atoms with Gasteiger partial charge in [0.05, 0.1) is 12.1 Å². The monoisotopic (exact) mass is 304 g/mol. The third-order valence-electron chi connectivity index (χ3n) is 3.30. The Balaban J connectivity index is 1.75. The fourth-order valence-electron chi connectivity index (χ4n) is 2.19. The second-order valence-electron chi connectivity index (χ2n) is 4.68. The molecular weight excluding hydrogens is 292 g/mol. The molecule has 7 nitrogen and oxygen atoms in total. The zero-order valence-electron chi connectivity index (χ0n) is 11.0. The van der Waals surface area contributed by atoms with Crippen LogP contribution in [0.1, 0.15) is 16.1 Å². The van der Waals surface area contributed by atoms with Gasteiger partial charge in [0.15, 0.2) is 10.8 Å². The molecule has 0 radical (unpaired) electrons. The Kier molecular flexibility index (Phi) is 3.61. The van der Waals surface area contributed by atoms with Gasteiger partial charge in [-0.25, -0.2) is 15.0 Å². The summed E-state index contributed by atoms with van der Waals surface area (Å²) in [6, 6.07) is 1.71. The molecule has 0 bridgehead atoms. The zero-order valence-corrected chi connectivity index (χ0v) is 11.8. The Morgan fingerprint density at radius 3 is 2.71 bits per heavy atom. The van der Waals surface area contributed by atoms with Gasteiger partial charge in [-0.1, -0.05) is 0 Å². The number of carboxylic acids is 1. The molecule has 0 saturated carbocycles. The van der Waals surface area contributed by atoms with Gasteiger partial charge in [0.2, 0.25) is 0 Å². The number of rotatable bonds is 3. The predicted octanol–water partition coefficient (Wildman–Crippen LogP) is 1.15. The molecule has 21 heavy (non-hydrogen) atoms. The highest BCUT2D eigenvalue weighted by atomic mass is 32.1. The number of aromatic nitrogens is 3. The maximum absolute atomic E-state index is 12.3. The second-order valence-corrected chi connectivity index (χ2v) is 5.71. The molecule has 8 heteroatoms. The summed E-state index contributed by atoms with van der Waals surface area (Å²) >= 11 is 1.22. The van der Waals surface area contributed by atoms with E-state index in [9.17, 15) is 9.59 Å². The summed E-state index contributed by atoms with van der Waals surface area (Å²) in [5.41, 5.74) is 0. The van der Waals surface area contributed by atoms with Crippen molar-refractivity contribution in [3.8, 4) is 10.8 Å². The molecule has 1 aliphatic rings. The minimum atomic E-state index is -0.854. The average Bonchev–Trinajstić information content (AvgIpc) is 3.17. The topological polar surface area (TPSA) is 96.3 Å². The molecule has 0 aromatic carbocycles. The van der Waals surface area contributed by atoms with Crippen molar-refractivity contribution in [2.24, 2.45) is 5.92 Å². The Morgan fingerprint density at radius 1 is 1.29 bits per heavy atom. The van der Waals surface area contributed by atoms with Crippen LogP contribution < -0.4 is 0 Å². The van der Waals surface area contributed by atoms with E-state index < -0.39 is 11.9 Å². The van der Waals surface area contributed by atoms with E-state index in [4.69, 9.17) is 5.11 Å². The first-order valence-corrected chi connectivity index (χ1v) is 7.22. The number of carboxylic acid groups (broad SMARTS) is 1. The predicted molar refractivity (Wildman–Crippen MR) is 74.8 cm³/mol. The number of hydrogen-bond donors (Lipinski definition) is 1. The summed E-state index contributed by atoms with van der Waals surface area (Å²) in [7, 11) is 0. The number of carbonyl (C=O) groups excluding carboxylic acids is 1. The molecule has 108 valence electrons. The Bertz CT molecular complexity index is 673. The standard InChI is InChI=1S/C13H12N4O3S/c18-12(17-5-2-8(7-17)13(19)20)9-6-16-11(21-9)10-14-3-1-4-15-10/h1,3-4,6,8H,2,5,7H2,(H,19,20). The quantitative estimate of drug-likeness (QED) is 0.913. The maximum Gasteiger partial charge on any atom is 0.308 e. The van der Waals surface area contributed by atoms with Crippen molar-refractivity contribution in [3.63, 3.8) is 0 Å². The van der Waals surface area contributed by atoms with E-state index in [0.29, 0.717) is 28.7 Å². The molecule has 3 heterocycles. The first-order chi connectivity index (χ1) is 10.1. The van der Waals surface area contributed by atoms with Crippen molar-refractivity contribution in [2.45, 2.75) is 6.42 Å². The van der Waals surface area contributed by atoms with E-state index in [1.54, 1.807) is 23.4 Å². The van der Waals surface area contributed by atoms with Crippen molar-refractivity contribution in [1.82, 2.24) is 19.9 Å². The van der Waals surface area contributed by atoms with Gasteiger partial charge in [-0.05, 0) is 12.5 Å². The Morgan fingerprint density at radius 2 is 2.05 bits per heavy atom. The van der Waals surface area contributed by atoms with Gasteiger partial charge in [-0.15, -0.1) is 11.3 Å². The van der Waals surface area contributed by atoms with Crippen molar-refractivity contribution in [3.05, 3.63) is 29.5 Å². The molecular formula is C13H12N4O3S. The van der Waals surface area contributed by atoms with E-state index in [-0.39, 0.29) is 12.5 Å². The van der Waals surface area contributed by atoms with E-state index >= 15 is 0 Å². The van der Waals surface area contributed by atoms with Crippen molar-refractivity contribution in [2.75, 3.05) is 13.1 Å². The Hall–Kier alpha value is -2.35. The zero-order chi connectivity index (χ0) is 14.8. The van der Waals surface area contributed by atoms with E-state index in [2.05, 4.69) is 15.0 Å². The summed E-state index contributed by atoms with van der Waals surface area (Å²) in [5.74, 6) is -1.03. The molecule has 2 aromatic heterocycles. The second kappa shape index (κ2) is 5.57. The molecule has 1 N–H and O–H groups in total. The van der Waals surface area contributed by atoms with E-state index in [1.165, 1.54) is 17.5 Å². The van der Waals surface area contributed by atoms with Crippen LogP contribution in [0.15, 0.2) is 24.7 Å². The highest BCUT2D eigenvalue weighted by Gasteiger charge is 2.32. The van der Waals surface area contributed by atoms with Crippen LogP contribution in [-0.4, -0.2) is 49.9 Å². The number of thiazole rings is 1.